The summed E-state index contributed by atoms with van der Waals surface area (Å²) >= 11 is 0. The first-order chi connectivity index (χ1) is 14.4. The molecule has 0 saturated heterocycles. The van der Waals surface area contributed by atoms with E-state index in [9.17, 15) is 24.6 Å². The molecule has 0 spiro atoms. The lowest BCUT2D eigenvalue weighted by Gasteiger charge is -2.65. The summed E-state index contributed by atoms with van der Waals surface area (Å²) in [6.07, 6.45) is 1.47. The Morgan fingerprint density at radius 2 is 1.87 bits per heavy atom. The fraction of sp³-hybridized carbons (Fsp3) is 0.875. The van der Waals surface area contributed by atoms with Crippen LogP contribution in [-0.2, 0) is 19.1 Å². The van der Waals surface area contributed by atoms with Gasteiger partial charge in [-0.3, -0.25) is 14.4 Å². The van der Waals surface area contributed by atoms with Gasteiger partial charge >= 0.3 is 5.97 Å². The number of esters is 1. The highest BCUT2D eigenvalue weighted by atomic mass is 19.1. The van der Waals surface area contributed by atoms with Crippen LogP contribution in [-0.4, -0.2) is 51.7 Å². The van der Waals surface area contributed by atoms with E-state index in [0.29, 0.717) is 38.5 Å². The van der Waals surface area contributed by atoms with E-state index in [1.54, 1.807) is 0 Å². The Labute approximate surface area is 182 Å². The molecule has 174 valence electrons. The van der Waals surface area contributed by atoms with E-state index in [1.165, 1.54) is 6.92 Å². The van der Waals surface area contributed by atoms with Crippen molar-refractivity contribution in [2.24, 2.45) is 34.5 Å². The molecule has 0 aromatic carbocycles. The van der Waals surface area contributed by atoms with Crippen LogP contribution in [0.15, 0.2) is 0 Å². The molecule has 4 aliphatic carbocycles. The van der Waals surface area contributed by atoms with Crippen LogP contribution in [0.5, 0.6) is 0 Å². The van der Waals surface area contributed by atoms with Crippen LogP contribution in [0.4, 0.5) is 4.39 Å². The Morgan fingerprint density at radius 1 is 1.19 bits per heavy atom. The Bertz CT molecular complexity index is 814. The molecule has 0 bridgehead atoms. The summed E-state index contributed by atoms with van der Waals surface area (Å²) in [4.78, 5) is 37.2. The third kappa shape index (κ3) is 2.65. The summed E-state index contributed by atoms with van der Waals surface area (Å²) in [6.45, 7) is 5.99. The van der Waals surface area contributed by atoms with Crippen molar-refractivity contribution >= 4 is 17.5 Å². The molecule has 2 N–H and O–H groups in total. The van der Waals surface area contributed by atoms with E-state index in [4.69, 9.17) is 4.74 Å². The highest BCUT2D eigenvalue weighted by Gasteiger charge is 2.77. The van der Waals surface area contributed by atoms with Crippen molar-refractivity contribution in [2.75, 3.05) is 6.61 Å². The minimum atomic E-state index is -1.87. The van der Waals surface area contributed by atoms with Crippen molar-refractivity contribution in [1.82, 2.24) is 0 Å². The third-order valence-electron chi connectivity index (χ3n) is 9.96. The van der Waals surface area contributed by atoms with Gasteiger partial charge in [-0.1, -0.05) is 20.8 Å². The lowest BCUT2D eigenvalue weighted by atomic mass is 9.42. The molecule has 9 atom stereocenters. The quantitative estimate of drug-likeness (QED) is 0.657. The van der Waals surface area contributed by atoms with Crippen molar-refractivity contribution in [1.29, 1.82) is 0 Å². The van der Waals surface area contributed by atoms with Gasteiger partial charge in [-0.25, -0.2) is 4.39 Å². The topological polar surface area (TPSA) is 101 Å². The monoisotopic (exact) mass is 438 g/mol. The van der Waals surface area contributed by atoms with Gasteiger partial charge in [0.05, 0.1) is 6.10 Å². The van der Waals surface area contributed by atoms with E-state index in [-0.39, 0.29) is 24.0 Å². The average Bonchev–Trinajstić information content (AvgIpc) is 2.90. The van der Waals surface area contributed by atoms with Crippen molar-refractivity contribution in [3.8, 4) is 0 Å². The number of carbonyl (C=O) groups is 3. The van der Waals surface area contributed by atoms with E-state index >= 15 is 4.39 Å². The standard InChI is InChI=1S/C24H35FO6/c1-13-9-18-17-6-5-15-10-16(28)7-8-21(15,3)23(17,25)19(29)11-22(18,4)24(13,20(30)12-26)31-14(2)27/h13,15,17-19,26,29H,5-12H2,1-4H3/t13-,15-,17-,18-,19-,21-,22-,23-,24+/m0/s1. The zero-order chi connectivity index (χ0) is 23.0. The van der Waals surface area contributed by atoms with Gasteiger partial charge in [-0.05, 0) is 49.9 Å². The Morgan fingerprint density at radius 3 is 2.48 bits per heavy atom. The number of hydrogen-bond acceptors (Lipinski definition) is 6. The van der Waals surface area contributed by atoms with E-state index in [1.807, 2.05) is 20.8 Å². The molecular weight excluding hydrogens is 403 g/mol. The molecule has 0 aliphatic heterocycles. The molecule has 0 aromatic rings. The molecular formula is C24H35FO6. The molecule has 0 heterocycles. The predicted molar refractivity (Wildman–Crippen MR) is 110 cm³/mol. The summed E-state index contributed by atoms with van der Waals surface area (Å²) < 4.78 is 22.9. The van der Waals surface area contributed by atoms with Crippen LogP contribution in [0, 0.1) is 34.5 Å². The van der Waals surface area contributed by atoms with Crippen LogP contribution in [0.25, 0.3) is 0 Å². The molecule has 0 unspecified atom stereocenters. The second-order valence-corrected chi connectivity index (χ2v) is 11.1. The Hall–Kier alpha value is -1.34. The maximum atomic E-state index is 17.2. The van der Waals surface area contributed by atoms with Crippen LogP contribution in [0.1, 0.15) is 72.6 Å². The highest BCUT2D eigenvalue weighted by molar-refractivity contribution is 5.92. The molecule has 6 nitrogen and oxygen atoms in total. The minimum absolute atomic E-state index is 0.0235. The van der Waals surface area contributed by atoms with Gasteiger partial charge in [0, 0.05) is 36.5 Å². The number of alkyl halides is 1. The molecule has 0 radical (unpaired) electrons. The summed E-state index contributed by atoms with van der Waals surface area (Å²) in [5.41, 5.74) is -5.23. The maximum absolute atomic E-state index is 17.2. The lowest BCUT2D eigenvalue weighted by molar-refractivity contribution is -0.257. The van der Waals surface area contributed by atoms with Crippen LogP contribution in [0.3, 0.4) is 0 Å². The van der Waals surface area contributed by atoms with E-state index < -0.39 is 58.4 Å². The van der Waals surface area contributed by atoms with Crippen molar-refractivity contribution in [3.05, 3.63) is 0 Å². The molecule has 4 fully saturated rings. The number of hydrogen-bond donors (Lipinski definition) is 2. The summed E-state index contributed by atoms with van der Waals surface area (Å²) in [7, 11) is 0. The van der Waals surface area contributed by atoms with E-state index in [0.717, 1.165) is 0 Å². The van der Waals surface area contributed by atoms with Gasteiger partial charge in [0.15, 0.2) is 5.60 Å². The lowest BCUT2D eigenvalue weighted by Crippen LogP contribution is -2.71. The van der Waals surface area contributed by atoms with Crippen LogP contribution < -0.4 is 0 Å². The minimum Gasteiger partial charge on any atom is -0.450 e. The number of fused-ring (bicyclic) bond motifs is 5. The van der Waals surface area contributed by atoms with Gasteiger partial charge in [-0.2, -0.15) is 0 Å². The summed E-state index contributed by atoms with van der Waals surface area (Å²) in [5, 5.41) is 21.1. The number of halogens is 1. The summed E-state index contributed by atoms with van der Waals surface area (Å²) in [6, 6.07) is 0. The molecule has 0 amide bonds. The number of Topliss-reactive ketones (excluding diaryl/α,β-unsaturated/α-hetero) is 2. The SMILES string of the molecule is CC(=O)O[C@@]1(C(=O)CO)[C@@H](C)C[C@H]2[C@@H]3CC[C@H]4CC(=O)CC[C@]4(C)[C@@]3(F)[C@@H](O)C[C@@]21C. The first kappa shape index (κ1) is 22.8. The second-order valence-electron chi connectivity index (χ2n) is 11.1. The highest BCUT2D eigenvalue weighted by Crippen LogP contribution is 2.72. The normalized spacial score (nSPS) is 51.5. The second kappa shape index (κ2) is 7.08. The molecule has 7 heteroatoms. The number of ether oxygens (including phenoxy) is 1. The van der Waals surface area contributed by atoms with E-state index in [2.05, 4.69) is 0 Å². The summed E-state index contributed by atoms with van der Waals surface area (Å²) in [5.74, 6) is -2.31. The largest absolute Gasteiger partial charge is 0.450 e. The fourth-order valence-corrected chi connectivity index (χ4v) is 8.58. The molecule has 31 heavy (non-hydrogen) atoms. The first-order valence-electron chi connectivity index (χ1n) is 11.6. The number of aliphatic hydroxyl groups excluding tert-OH is 2. The number of ketones is 2. The van der Waals surface area contributed by atoms with Gasteiger partial charge in [-0.15, -0.1) is 0 Å². The smallest absolute Gasteiger partial charge is 0.303 e. The number of rotatable bonds is 3. The first-order valence-corrected chi connectivity index (χ1v) is 11.6. The molecule has 4 rings (SSSR count). The Balaban J connectivity index is 1.82. The van der Waals surface area contributed by atoms with Crippen molar-refractivity contribution in [3.63, 3.8) is 0 Å². The maximum Gasteiger partial charge on any atom is 0.303 e. The predicted octanol–water partition coefficient (Wildman–Crippen LogP) is 2.77. The number of carbonyl (C=O) groups excluding carboxylic acids is 3. The van der Waals surface area contributed by atoms with Gasteiger partial charge in [0.1, 0.15) is 18.1 Å². The molecule has 4 aliphatic rings. The number of aliphatic hydroxyl groups is 2. The van der Waals surface area contributed by atoms with Gasteiger partial charge < -0.3 is 14.9 Å². The average molecular weight is 439 g/mol. The van der Waals surface area contributed by atoms with Crippen LogP contribution >= 0.6 is 0 Å². The molecule has 4 saturated carbocycles. The Kier molecular flexibility index (Phi) is 5.21. The third-order valence-corrected chi connectivity index (χ3v) is 9.96. The molecule has 0 aromatic heterocycles. The van der Waals surface area contributed by atoms with Crippen LogP contribution in [0.2, 0.25) is 0 Å². The zero-order valence-corrected chi connectivity index (χ0v) is 18.9. The van der Waals surface area contributed by atoms with Crippen molar-refractivity contribution in [2.45, 2.75) is 90.0 Å². The fourth-order valence-electron chi connectivity index (χ4n) is 8.58. The zero-order valence-electron chi connectivity index (χ0n) is 18.9. The van der Waals surface area contributed by atoms with Crippen molar-refractivity contribution < 1.29 is 33.7 Å². The van der Waals surface area contributed by atoms with Gasteiger partial charge in [0.25, 0.3) is 0 Å². The van der Waals surface area contributed by atoms with Gasteiger partial charge in [0.2, 0.25) is 5.78 Å².